The van der Waals surface area contributed by atoms with Crippen molar-refractivity contribution in [3.05, 3.63) is 40.5 Å². The molecule has 1 aromatic rings. The predicted octanol–water partition coefficient (Wildman–Crippen LogP) is 1.99. The summed E-state index contributed by atoms with van der Waals surface area (Å²) in [6.45, 7) is 0.326. The molecule has 0 saturated heterocycles. The Balaban J connectivity index is 2.63. The molecule has 0 fully saturated rings. The number of pyridine rings is 1. The zero-order valence-corrected chi connectivity index (χ0v) is 6.96. The molecule has 1 rings (SSSR count). The third-order valence-corrected chi connectivity index (χ3v) is 1.34. The van der Waals surface area contributed by atoms with Crippen LogP contribution in [0.4, 0.5) is 5.69 Å². The molecule has 0 spiro atoms. The predicted molar refractivity (Wildman–Crippen MR) is 51.7 cm³/mol. The number of azide groups is 1. The van der Waals surface area contributed by atoms with Gasteiger partial charge in [0.1, 0.15) is 0 Å². The first-order valence-corrected chi connectivity index (χ1v) is 3.72. The SMILES string of the molecule is [N-]=[N+]=NCC=Cc1cc(N)ccn1. The molecule has 0 aliphatic rings. The van der Waals surface area contributed by atoms with Gasteiger partial charge in [0, 0.05) is 23.3 Å². The van der Waals surface area contributed by atoms with Crippen molar-refractivity contribution in [1.82, 2.24) is 4.98 Å². The summed E-state index contributed by atoms with van der Waals surface area (Å²) in [6, 6.07) is 3.46. The van der Waals surface area contributed by atoms with Gasteiger partial charge in [0.2, 0.25) is 0 Å². The average molecular weight is 175 g/mol. The second-order valence-electron chi connectivity index (χ2n) is 2.33. The Morgan fingerprint density at radius 2 is 2.54 bits per heavy atom. The summed E-state index contributed by atoms with van der Waals surface area (Å²) in [7, 11) is 0. The fourth-order valence-electron chi connectivity index (χ4n) is 0.814. The van der Waals surface area contributed by atoms with E-state index in [4.69, 9.17) is 11.3 Å². The number of aromatic nitrogens is 1. The van der Waals surface area contributed by atoms with Gasteiger partial charge >= 0.3 is 0 Å². The number of hydrogen-bond acceptors (Lipinski definition) is 3. The Morgan fingerprint density at radius 3 is 3.23 bits per heavy atom. The summed E-state index contributed by atoms with van der Waals surface area (Å²) in [5, 5.41) is 3.34. The maximum atomic E-state index is 8.00. The number of nitrogen functional groups attached to an aromatic ring is 1. The van der Waals surface area contributed by atoms with Crippen LogP contribution in [0.2, 0.25) is 0 Å². The van der Waals surface area contributed by atoms with Crippen LogP contribution in [0.1, 0.15) is 5.69 Å². The van der Waals surface area contributed by atoms with Crippen molar-refractivity contribution in [2.45, 2.75) is 0 Å². The lowest BCUT2D eigenvalue weighted by Crippen LogP contribution is -1.87. The first-order chi connectivity index (χ1) is 6.33. The second kappa shape index (κ2) is 4.79. The standard InChI is InChI=1S/C8H9N5/c9-7-3-5-11-8(6-7)2-1-4-12-13-10/h1-3,5-6H,4H2,(H2,9,11). The Bertz CT molecular complexity index is 351. The molecule has 1 aromatic heterocycles. The summed E-state index contributed by atoms with van der Waals surface area (Å²) < 4.78 is 0. The lowest BCUT2D eigenvalue weighted by Gasteiger charge is -1.93. The molecule has 0 aliphatic carbocycles. The summed E-state index contributed by atoms with van der Waals surface area (Å²) in [4.78, 5) is 6.65. The van der Waals surface area contributed by atoms with Crippen molar-refractivity contribution in [3.63, 3.8) is 0 Å². The Hall–Kier alpha value is -2.00. The molecule has 0 saturated carbocycles. The van der Waals surface area contributed by atoms with Crippen molar-refractivity contribution in [2.24, 2.45) is 5.11 Å². The Labute approximate surface area is 75.5 Å². The number of rotatable bonds is 3. The van der Waals surface area contributed by atoms with Gasteiger partial charge in [-0.1, -0.05) is 11.2 Å². The van der Waals surface area contributed by atoms with Crippen molar-refractivity contribution >= 4 is 11.8 Å². The number of nitrogens with two attached hydrogens (primary N) is 1. The van der Waals surface area contributed by atoms with Gasteiger partial charge in [-0.05, 0) is 23.7 Å². The van der Waals surface area contributed by atoms with Crippen molar-refractivity contribution in [1.29, 1.82) is 0 Å². The van der Waals surface area contributed by atoms with Crippen LogP contribution in [0.15, 0.2) is 29.5 Å². The van der Waals surface area contributed by atoms with E-state index < -0.39 is 0 Å². The molecule has 2 N–H and O–H groups in total. The normalized spacial score (nSPS) is 9.85. The largest absolute Gasteiger partial charge is 0.399 e. The van der Waals surface area contributed by atoms with Gasteiger partial charge in [-0.25, -0.2) is 0 Å². The van der Waals surface area contributed by atoms with Crippen LogP contribution in [0.25, 0.3) is 16.5 Å². The highest BCUT2D eigenvalue weighted by atomic mass is 15.1. The topological polar surface area (TPSA) is 87.7 Å². The minimum Gasteiger partial charge on any atom is -0.399 e. The van der Waals surface area contributed by atoms with Gasteiger partial charge in [-0.15, -0.1) is 0 Å². The molecular weight excluding hydrogens is 166 g/mol. The van der Waals surface area contributed by atoms with Crippen LogP contribution >= 0.6 is 0 Å². The molecule has 0 unspecified atom stereocenters. The molecule has 1 heterocycles. The molecule has 5 nitrogen and oxygen atoms in total. The van der Waals surface area contributed by atoms with Gasteiger partial charge < -0.3 is 5.73 Å². The second-order valence-corrected chi connectivity index (χ2v) is 2.33. The quantitative estimate of drug-likeness (QED) is 0.432. The third kappa shape index (κ3) is 3.27. The molecule has 0 bridgehead atoms. The first-order valence-electron chi connectivity index (χ1n) is 3.72. The van der Waals surface area contributed by atoms with Crippen LogP contribution in [-0.2, 0) is 0 Å². The van der Waals surface area contributed by atoms with Crippen LogP contribution in [-0.4, -0.2) is 11.5 Å². The molecule has 0 atom stereocenters. The summed E-state index contributed by atoms with van der Waals surface area (Å²) in [5.74, 6) is 0. The highest BCUT2D eigenvalue weighted by Gasteiger charge is 1.87. The maximum Gasteiger partial charge on any atom is 0.0646 e. The third-order valence-electron chi connectivity index (χ3n) is 1.34. The minimum absolute atomic E-state index is 0.326. The molecule has 0 amide bonds. The molecular formula is C8H9N5. The number of hydrogen-bond donors (Lipinski definition) is 1. The monoisotopic (exact) mass is 175 g/mol. The average Bonchev–Trinajstić information content (AvgIpc) is 2.13. The van der Waals surface area contributed by atoms with Crippen molar-refractivity contribution < 1.29 is 0 Å². The molecule has 66 valence electrons. The van der Waals surface area contributed by atoms with Crippen molar-refractivity contribution in [3.8, 4) is 0 Å². The van der Waals surface area contributed by atoms with Gasteiger partial charge in [0.15, 0.2) is 0 Å². The zero-order chi connectivity index (χ0) is 9.52. The van der Waals surface area contributed by atoms with E-state index in [0.717, 1.165) is 5.69 Å². The maximum absolute atomic E-state index is 8.00. The van der Waals surface area contributed by atoms with E-state index in [-0.39, 0.29) is 0 Å². The molecule has 0 radical (unpaired) electrons. The van der Waals surface area contributed by atoms with Gasteiger partial charge in [-0.2, -0.15) is 0 Å². The van der Waals surface area contributed by atoms with Crippen molar-refractivity contribution in [2.75, 3.05) is 12.3 Å². The molecule has 5 heteroatoms. The van der Waals surface area contributed by atoms with Crippen LogP contribution in [0, 0.1) is 0 Å². The lowest BCUT2D eigenvalue weighted by molar-refractivity contribution is 1.21. The van der Waals surface area contributed by atoms with Crippen LogP contribution < -0.4 is 5.73 Å². The van der Waals surface area contributed by atoms with E-state index in [9.17, 15) is 0 Å². The smallest absolute Gasteiger partial charge is 0.0646 e. The first kappa shape index (κ1) is 9.09. The van der Waals surface area contributed by atoms with Gasteiger partial charge in [-0.3, -0.25) is 4.98 Å². The molecule has 0 aliphatic heterocycles. The fourth-order valence-corrected chi connectivity index (χ4v) is 0.814. The van der Waals surface area contributed by atoms with Gasteiger partial charge in [0.25, 0.3) is 0 Å². The van der Waals surface area contributed by atoms with E-state index in [1.807, 2.05) is 0 Å². The van der Waals surface area contributed by atoms with E-state index in [1.165, 1.54) is 0 Å². The Kier molecular flexibility index (Phi) is 3.35. The summed E-state index contributed by atoms with van der Waals surface area (Å²) >= 11 is 0. The zero-order valence-electron chi connectivity index (χ0n) is 6.96. The molecule has 13 heavy (non-hydrogen) atoms. The fraction of sp³-hybridized carbons (Fsp3) is 0.125. The van der Waals surface area contributed by atoms with Crippen LogP contribution in [0.3, 0.4) is 0 Å². The highest BCUT2D eigenvalue weighted by molar-refractivity contribution is 5.51. The lowest BCUT2D eigenvalue weighted by atomic mass is 10.3. The van der Waals surface area contributed by atoms with E-state index in [2.05, 4.69) is 15.0 Å². The summed E-state index contributed by atoms with van der Waals surface area (Å²) in [6.07, 6.45) is 5.11. The summed E-state index contributed by atoms with van der Waals surface area (Å²) in [5.41, 5.74) is 15.0. The number of anilines is 1. The van der Waals surface area contributed by atoms with E-state index >= 15 is 0 Å². The van der Waals surface area contributed by atoms with E-state index in [0.29, 0.717) is 12.2 Å². The van der Waals surface area contributed by atoms with Crippen LogP contribution in [0.5, 0.6) is 0 Å². The number of nitrogens with zero attached hydrogens (tertiary/aromatic N) is 4. The van der Waals surface area contributed by atoms with E-state index in [1.54, 1.807) is 30.5 Å². The highest BCUT2D eigenvalue weighted by Crippen LogP contribution is 2.04. The minimum atomic E-state index is 0.326. The Morgan fingerprint density at radius 1 is 1.69 bits per heavy atom. The molecule has 0 aromatic carbocycles. The van der Waals surface area contributed by atoms with Gasteiger partial charge in [0.05, 0.1) is 5.69 Å².